The molecular weight excluding hydrogens is 332 g/mol. The average molecular weight is 358 g/mol. The van der Waals surface area contributed by atoms with Gasteiger partial charge in [-0.3, -0.25) is 0 Å². The van der Waals surface area contributed by atoms with Crippen molar-refractivity contribution in [3.63, 3.8) is 0 Å². The van der Waals surface area contributed by atoms with Gasteiger partial charge in [0.05, 0.1) is 6.61 Å². The molecule has 0 aromatic heterocycles. The van der Waals surface area contributed by atoms with Gasteiger partial charge in [0.2, 0.25) is 0 Å². The topological polar surface area (TPSA) is 56.8 Å². The zero-order valence-corrected chi connectivity index (χ0v) is 16.1. The fourth-order valence-corrected chi connectivity index (χ4v) is 3.03. The number of allylic oxidation sites excluding steroid dienone is 1. The maximum Gasteiger partial charge on any atom is 0.138 e. The first kappa shape index (κ1) is 20.3. The molecule has 2 aromatic carbocycles. The van der Waals surface area contributed by atoms with Gasteiger partial charge in [-0.2, -0.15) is 10.5 Å². The summed E-state index contributed by atoms with van der Waals surface area (Å²) < 4.78 is 5.96. The first-order valence-electron chi connectivity index (χ1n) is 9.56. The molecule has 0 heterocycles. The Labute approximate surface area is 162 Å². The van der Waals surface area contributed by atoms with E-state index < -0.39 is 0 Å². The fraction of sp³-hybridized carbons (Fsp3) is 0.333. The van der Waals surface area contributed by atoms with E-state index in [9.17, 15) is 10.5 Å². The second kappa shape index (κ2) is 10.8. The number of hydrogen-bond acceptors (Lipinski definition) is 3. The Morgan fingerprint density at radius 2 is 1.56 bits per heavy atom. The molecule has 3 nitrogen and oxygen atoms in total. The normalized spacial score (nSPS) is 11.1. The molecule has 0 saturated heterocycles. The number of hydrogen-bond donors (Lipinski definition) is 0. The molecule has 0 radical (unpaired) electrons. The smallest absolute Gasteiger partial charge is 0.138 e. The Morgan fingerprint density at radius 1 is 0.926 bits per heavy atom. The third kappa shape index (κ3) is 5.73. The van der Waals surface area contributed by atoms with Gasteiger partial charge < -0.3 is 4.74 Å². The van der Waals surface area contributed by atoms with Crippen molar-refractivity contribution in [3.05, 3.63) is 71.3 Å². The highest BCUT2D eigenvalue weighted by molar-refractivity contribution is 5.86. The zero-order valence-electron chi connectivity index (χ0n) is 16.1. The first-order chi connectivity index (χ1) is 13.2. The molecule has 1 unspecified atom stereocenters. The molecule has 0 amide bonds. The number of unbranched alkanes of at least 4 members (excludes halogenated alkanes) is 1. The summed E-state index contributed by atoms with van der Waals surface area (Å²) in [6.45, 7) is 5.13. The molecule has 0 N–H and O–H groups in total. The Morgan fingerprint density at radius 3 is 2.11 bits per heavy atom. The van der Waals surface area contributed by atoms with Crippen molar-refractivity contribution in [2.24, 2.45) is 5.92 Å². The third-order valence-corrected chi connectivity index (χ3v) is 4.71. The van der Waals surface area contributed by atoms with Crippen molar-refractivity contribution in [1.82, 2.24) is 0 Å². The van der Waals surface area contributed by atoms with Gasteiger partial charge in [0.1, 0.15) is 23.5 Å². The van der Waals surface area contributed by atoms with Crippen LogP contribution >= 0.6 is 0 Å². The Bertz CT molecular complexity index is 807. The van der Waals surface area contributed by atoms with E-state index in [4.69, 9.17) is 4.74 Å². The molecule has 0 aliphatic rings. The highest BCUT2D eigenvalue weighted by atomic mass is 16.5. The molecule has 0 aliphatic carbocycles. The van der Waals surface area contributed by atoms with Crippen LogP contribution in [0.4, 0.5) is 0 Å². The Hall–Kier alpha value is -3.04. The van der Waals surface area contributed by atoms with Crippen molar-refractivity contribution in [1.29, 1.82) is 10.5 Å². The standard InChI is InChI=1S/C24H26N2O/c1-3-5-9-19(4-2)18-27-23-14-12-21(13-15-23)24(22(16-25)17-26)20-10-7-6-8-11-20/h6-8,10-15,19H,3-5,9,18H2,1-2H3. The van der Waals surface area contributed by atoms with Crippen molar-refractivity contribution in [2.45, 2.75) is 39.5 Å². The van der Waals surface area contributed by atoms with Gasteiger partial charge >= 0.3 is 0 Å². The third-order valence-electron chi connectivity index (χ3n) is 4.71. The van der Waals surface area contributed by atoms with E-state index in [0.717, 1.165) is 29.9 Å². The van der Waals surface area contributed by atoms with Crippen LogP contribution in [0.25, 0.3) is 5.57 Å². The van der Waals surface area contributed by atoms with E-state index in [2.05, 4.69) is 13.8 Å². The highest BCUT2D eigenvalue weighted by Gasteiger charge is 2.12. The van der Waals surface area contributed by atoms with Crippen LogP contribution in [-0.2, 0) is 0 Å². The summed E-state index contributed by atoms with van der Waals surface area (Å²) in [6.07, 6.45) is 4.75. The molecule has 3 heteroatoms. The molecular formula is C24H26N2O. The molecule has 1 atom stereocenters. The van der Waals surface area contributed by atoms with Crippen molar-refractivity contribution < 1.29 is 4.74 Å². The largest absolute Gasteiger partial charge is 0.493 e. The maximum atomic E-state index is 9.36. The van der Waals surface area contributed by atoms with Gasteiger partial charge in [0.15, 0.2) is 0 Å². The van der Waals surface area contributed by atoms with E-state index >= 15 is 0 Å². The van der Waals surface area contributed by atoms with Crippen LogP contribution in [-0.4, -0.2) is 6.61 Å². The SMILES string of the molecule is CCCCC(CC)COc1ccc(C(=C(C#N)C#N)c2ccccc2)cc1. The summed E-state index contributed by atoms with van der Waals surface area (Å²) >= 11 is 0. The summed E-state index contributed by atoms with van der Waals surface area (Å²) in [6, 6.07) is 21.2. The minimum atomic E-state index is 0.112. The number of ether oxygens (including phenoxy) is 1. The van der Waals surface area contributed by atoms with E-state index in [0.29, 0.717) is 11.5 Å². The fourth-order valence-electron chi connectivity index (χ4n) is 3.03. The van der Waals surface area contributed by atoms with Crippen molar-refractivity contribution in [2.75, 3.05) is 6.61 Å². The van der Waals surface area contributed by atoms with Crippen LogP contribution in [0, 0.1) is 28.6 Å². The van der Waals surface area contributed by atoms with E-state index in [1.54, 1.807) is 0 Å². The molecule has 27 heavy (non-hydrogen) atoms. The molecule has 0 fully saturated rings. The van der Waals surface area contributed by atoms with E-state index in [-0.39, 0.29) is 5.57 Å². The molecule has 2 rings (SSSR count). The van der Waals surface area contributed by atoms with Gasteiger partial charge in [-0.15, -0.1) is 0 Å². The average Bonchev–Trinajstić information content (AvgIpc) is 2.73. The lowest BCUT2D eigenvalue weighted by molar-refractivity contribution is 0.233. The number of nitrogens with zero attached hydrogens (tertiary/aromatic N) is 2. The predicted molar refractivity (Wildman–Crippen MR) is 109 cm³/mol. The molecule has 0 saturated carbocycles. The first-order valence-corrected chi connectivity index (χ1v) is 9.56. The quantitative estimate of drug-likeness (QED) is 0.507. The number of rotatable bonds is 9. The molecule has 0 bridgehead atoms. The summed E-state index contributed by atoms with van der Waals surface area (Å²) in [5, 5.41) is 18.7. The van der Waals surface area contributed by atoms with Gasteiger partial charge in [0, 0.05) is 5.57 Å². The minimum Gasteiger partial charge on any atom is -0.493 e. The van der Waals surface area contributed by atoms with Gasteiger partial charge in [-0.25, -0.2) is 0 Å². The maximum absolute atomic E-state index is 9.36. The van der Waals surface area contributed by atoms with Gasteiger partial charge in [0.25, 0.3) is 0 Å². The van der Waals surface area contributed by atoms with E-state index in [1.807, 2.05) is 66.7 Å². The summed E-state index contributed by atoms with van der Waals surface area (Å²) in [5.41, 5.74) is 2.46. The predicted octanol–water partition coefficient (Wildman–Crippen LogP) is 6.13. The van der Waals surface area contributed by atoms with Gasteiger partial charge in [-0.1, -0.05) is 75.6 Å². The Balaban J connectivity index is 2.20. The summed E-state index contributed by atoms with van der Waals surface area (Å²) in [7, 11) is 0. The van der Waals surface area contributed by atoms with Crippen LogP contribution in [0.1, 0.15) is 50.7 Å². The summed E-state index contributed by atoms with van der Waals surface area (Å²) in [5.74, 6) is 1.39. The molecule has 138 valence electrons. The lowest BCUT2D eigenvalue weighted by Gasteiger charge is -2.16. The number of nitriles is 2. The molecule has 0 aliphatic heterocycles. The van der Waals surface area contributed by atoms with Crippen LogP contribution in [0.15, 0.2) is 60.2 Å². The zero-order chi connectivity index (χ0) is 19.5. The monoisotopic (exact) mass is 358 g/mol. The highest BCUT2D eigenvalue weighted by Crippen LogP contribution is 2.28. The lowest BCUT2D eigenvalue weighted by Crippen LogP contribution is -2.11. The second-order valence-corrected chi connectivity index (χ2v) is 6.59. The van der Waals surface area contributed by atoms with E-state index in [1.165, 1.54) is 19.3 Å². The van der Waals surface area contributed by atoms with Crippen molar-refractivity contribution >= 4 is 5.57 Å². The number of benzene rings is 2. The molecule has 0 spiro atoms. The van der Waals surface area contributed by atoms with Crippen LogP contribution in [0.3, 0.4) is 0 Å². The lowest BCUT2D eigenvalue weighted by atomic mass is 9.94. The van der Waals surface area contributed by atoms with Crippen molar-refractivity contribution in [3.8, 4) is 17.9 Å². The van der Waals surface area contributed by atoms with Gasteiger partial charge in [-0.05, 0) is 35.6 Å². The minimum absolute atomic E-state index is 0.112. The van der Waals surface area contributed by atoms with Crippen LogP contribution in [0.5, 0.6) is 5.75 Å². The van der Waals surface area contributed by atoms with Crippen LogP contribution < -0.4 is 4.74 Å². The summed E-state index contributed by atoms with van der Waals surface area (Å²) in [4.78, 5) is 0. The second-order valence-electron chi connectivity index (χ2n) is 6.59. The Kier molecular flexibility index (Phi) is 8.14. The van der Waals surface area contributed by atoms with Crippen LogP contribution in [0.2, 0.25) is 0 Å². The molecule has 2 aromatic rings.